The average molecular weight is 455 g/mol. The number of hydrogen-bond donors (Lipinski definition) is 1. The van der Waals surface area contributed by atoms with E-state index in [9.17, 15) is 0 Å². The number of hydrogen-bond acceptors (Lipinski definition) is 3. The lowest BCUT2D eigenvalue weighted by atomic mass is 10.0. The first kappa shape index (κ1) is 21.2. The second-order valence-corrected chi connectivity index (χ2v) is 8.45. The number of nitrogens with zero attached hydrogens (tertiary/aromatic N) is 3. The number of pyridine rings is 1. The Morgan fingerprint density at radius 1 is 0.939 bits per heavy atom. The predicted octanol–water partition coefficient (Wildman–Crippen LogP) is 5.76. The molecule has 2 aromatic carbocycles. The van der Waals surface area contributed by atoms with Gasteiger partial charge in [-0.05, 0) is 86.7 Å². The minimum absolute atomic E-state index is 0.0725. The largest absolute Gasteiger partial charge is 0.494 e. The van der Waals surface area contributed by atoms with E-state index >= 15 is 0 Å². The van der Waals surface area contributed by atoms with Crippen LogP contribution < -0.4 is 15.0 Å². The molecule has 1 N–H and O–H groups in total. The second-order valence-electron chi connectivity index (χ2n) is 8.06. The Morgan fingerprint density at radius 3 is 2.39 bits per heavy atom. The summed E-state index contributed by atoms with van der Waals surface area (Å²) >= 11 is 5.85. The average Bonchev–Trinajstić information content (AvgIpc) is 3.45. The van der Waals surface area contributed by atoms with Gasteiger partial charge in [0.2, 0.25) is 0 Å². The number of aromatic nitrogens is 2. The van der Waals surface area contributed by atoms with Crippen molar-refractivity contribution in [3.05, 3.63) is 108 Å². The van der Waals surface area contributed by atoms with Gasteiger partial charge >= 0.3 is 0 Å². The van der Waals surface area contributed by atoms with Gasteiger partial charge in [0.05, 0.1) is 18.3 Å². The summed E-state index contributed by atoms with van der Waals surface area (Å²) in [6.07, 6.45) is 3.92. The van der Waals surface area contributed by atoms with Crippen LogP contribution in [0.3, 0.4) is 0 Å². The van der Waals surface area contributed by atoms with Crippen molar-refractivity contribution in [2.45, 2.75) is 25.9 Å². The SMILES string of the molecule is CCOc1ccc(-n2cccc2[C@H]2[C@@H](c3ccccn3)NC(=S)N2c2ccc(C)cc2)cc1. The summed E-state index contributed by atoms with van der Waals surface area (Å²) in [5.74, 6) is 0.867. The lowest BCUT2D eigenvalue weighted by Gasteiger charge is -2.29. The van der Waals surface area contributed by atoms with Crippen molar-refractivity contribution in [1.29, 1.82) is 0 Å². The fourth-order valence-corrected chi connectivity index (χ4v) is 4.72. The van der Waals surface area contributed by atoms with Crippen LogP contribution in [-0.2, 0) is 0 Å². The first-order valence-electron chi connectivity index (χ1n) is 11.1. The molecule has 0 saturated carbocycles. The van der Waals surface area contributed by atoms with Gasteiger partial charge in [0.15, 0.2) is 5.11 Å². The minimum Gasteiger partial charge on any atom is -0.494 e. The monoisotopic (exact) mass is 454 g/mol. The first-order chi connectivity index (χ1) is 16.2. The number of ether oxygens (including phenoxy) is 1. The van der Waals surface area contributed by atoms with Crippen molar-refractivity contribution in [3.8, 4) is 11.4 Å². The van der Waals surface area contributed by atoms with Crippen LogP contribution in [0.1, 0.15) is 36.0 Å². The van der Waals surface area contributed by atoms with Crippen molar-refractivity contribution in [2.24, 2.45) is 0 Å². The van der Waals surface area contributed by atoms with Crippen molar-refractivity contribution in [1.82, 2.24) is 14.9 Å². The molecule has 5 nitrogen and oxygen atoms in total. The molecule has 6 heteroatoms. The van der Waals surface area contributed by atoms with Crippen molar-refractivity contribution < 1.29 is 4.74 Å². The minimum atomic E-state index is -0.0867. The number of thiocarbonyl (C=S) groups is 1. The Morgan fingerprint density at radius 2 is 1.70 bits per heavy atom. The smallest absolute Gasteiger partial charge is 0.174 e. The van der Waals surface area contributed by atoms with E-state index in [4.69, 9.17) is 17.0 Å². The molecule has 0 radical (unpaired) electrons. The highest BCUT2D eigenvalue weighted by Gasteiger charge is 2.42. The van der Waals surface area contributed by atoms with Crippen LogP contribution >= 0.6 is 12.2 Å². The van der Waals surface area contributed by atoms with Crippen molar-refractivity contribution in [3.63, 3.8) is 0 Å². The molecule has 1 fully saturated rings. The van der Waals surface area contributed by atoms with E-state index in [0.717, 1.165) is 28.5 Å². The Bertz CT molecular complexity index is 1240. The molecule has 4 aromatic rings. The Kier molecular flexibility index (Phi) is 5.84. The van der Waals surface area contributed by atoms with Crippen LogP contribution in [0.4, 0.5) is 5.69 Å². The maximum absolute atomic E-state index is 5.85. The van der Waals surface area contributed by atoms with E-state index in [1.165, 1.54) is 5.56 Å². The van der Waals surface area contributed by atoms with Gasteiger partial charge in [-0.1, -0.05) is 23.8 Å². The molecule has 0 amide bonds. The fraction of sp³-hybridized carbons (Fsp3) is 0.185. The number of aryl methyl sites for hydroxylation is 1. The Balaban J connectivity index is 1.61. The van der Waals surface area contributed by atoms with Gasteiger partial charge in [-0.15, -0.1) is 0 Å². The Hall–Kier alpha value is -3.64. The summed E-state index contributed by atoms with van der Waals surface area (Å²) in [6.45, 7) is 4.73. The number of benzene rings is 2. The molecule has 1 saturated heterocycles. The third-order valence-electron chi connectivity index (χ3n) is 5.92. The van der Waals surface area contributed by atoms with E-state index in [1.807, 2.05) is 37.4 Å². The van der Waals surface area contributed by atoms with Crippen molar-refractivity contribution >= 4 is 23.0 Å². The molecule has 33 heavy (non-hydrogen) atoms. The molecular weight excluding hydrogens is 428 g/mol. The lowest BCUT2D eigenvalue weighted by Crippen LogP contribution is -2.30. The third-order valence-corrected chi connectivity index (χ3v) is 6.23. The van der Waals surface area contributed by atoms with Gasteiger partial charge in [0.25, 0.3) is 0 Å². The third kappa shape index (κ3) is 4.10. The summed E-state index contributed by atoms with van der Waals surface area (Å²) in [4.78, 5) is 6.86. The van der Waals surface area contributed by atoms with Crippen LogP contribution in [0, 0.1) is 6.92 Å². The quantitative estimate of drug-likeness (QED) is 0.376. The summed E-state index contributed by atoms with van der Waals surface area (Å²) in [5, 5.41) is 4.23. The zero-order valence-electron chi connectivity index (χ0n) is 18.7. The van der Waals surface area contributed by atoms with Gasteiger partial charge in [0, 0.05) is 29.5 Å². The highest BCUT2D eigenvalue weighted by Crippen LogP contribution is 2.42. The van der Waals surface area contributed by atoms with Crippen LogP contribution in [0.5, 0.6) is 5.75 Å². The molecule has 0 spiro atoms. The lowest BCUT2D eigenvalue weighted by molar-refractivity contribution is 0.340. The molecule has 5 rings (SSSR count). The molecule has 2 aromatic heterocycles. The topological polar surface area (TPSA) is 42.3 Å². The number of rotatable bonds is 6. The van der Waals surface area contributed by atoms with Crippen molar-refractivity contribution in [2.75, 3.05) is 11.5 Å². The van der Waals surface area contributed by atoms with Gasteiger partial charge in [-0.2, -0.15) is 0 Å². The summed E-state index contributed by atoms with van der Waals surface area (Å²) < 4.78 is 7.84. The summed E-state index contributed by atoms with van der Waals surface area (Å²) in [5.41, 5.74) is 5.43. The highest BCUT2D eigenvalue weighted by molar-refractivity contribution is 7.80. The van der Waals surface area contributed by atoms with E-state index in [0.29, 0.717) is 11.7 Å². The number of nitrogens with one attached hydrogen (secondary N) is 1. The number of anilines is 1. The van der Waals surface area contributed by atoms with E-state index in [2.05, 4.69) is 87.5 Å². The Labute approximate surface area is 199 Å². The molecule has 3 heterocycles. The molecular formula is C27H26N4OS. The van der Waals surface area contributed by atoms with E-state index in [1.54, 1.807) is 0 Å². The molecule has 1 aliphatic heterocycles. The zero-order chi connectivity index (χ0) is 22.8. The van der Waals surface area contributed by atoms with Crippen LogP contribution in [0.15, 0.2) is 91.3 Å². The molecule has 2 atom stereocenters. The predicted molar refractivity (Wildman–Crippen MR) is 136 cm³/mol. The van der Waals surface area contributed by atoms with Crippen LogP contribution in [-0.4, -0.2) is 21.3 Å². The molecule has 0 bridgehead atoms. The van der Waals surface area contributed by atoms with Gasteiger partial charge in [-0.25, -0.2) is 0 Å². The zero-order valence-corrected chi connectivity index (χ0v) is 19.5. The molecule has 0 unspecified atom stereocenters. The van der Waals surface area contributed by atoms with E-state index < -0.39 is 0 Å². The van der Waals surface area contributed by atoms with Crippen LogP contribution in [0.2, 0.25) is 0 Å². The van der Waals surface area contributed by atoms with Gasteiger partial charge < -0.3 is 19.5 Å². The second kappa shape index (κ2) is 9.08. The molecule has 0 aliphatic carbocycles. The standard InChI is InChI=1S/C27H26N4OS/c1-3-32-22-15-13-20(14-16-22)30-18-6-8-24(30)26-25(23-7-4-5-17-28-23)29-27(33)31(26)21-11-9-19(2)10-12-21/h4-18,25-26H,3H2,1-2H3,(H,29,33)/t25-,26+/m1/s1. The fourth-order valence-electron chi connectivity index (χ4n) is 4.38. The van der Waals surface area contributed by atoms with Crippen LogP contribution in [0.25, 0.3) is 5.69 Å². The van der Waals surface area contributed by atoms with Gasteiger partial charge in [-0.3, -0.25) is 4.98 Å². The first-order valence-corrected chi connectivity index (χ1v) is 11.5. The normalized spacial score (nSPS) is 17.8. The highest BCUT2D eigenvalue weighted by atomic mass is 32.1. The summed E-state index contributed by atoms with van der Waals surface area (Å²) in [6, 6.07) is 26.8. The summed E-state index contributed by atoms with van der Waals surface area (Å²) in [7, 11) is 0. The molecule has 1 aliphatic rings. The van der Waals surface area contributed by atoms with Gasteiger partial charge in [0.1, 0.15) is 11.8 Å². The maximum Gasteiger partial charge on any atom is 0.174 e. The maximum atomic E-state index is 5.85. The van der Waals surface area contributed by atoms with E-state index in [-0.39, 0.29) is 12.1 Å². The molecule has 166 valence electrons.